The quantitative estimate of drug-likeness (QED) is 0.485. The minimum absolute atomic E-state index is 0.163. The largest absolute Gasteiger partial charge is 0.493 e. The average molecular weight is 448 g/mol. The molecular weight excluding hydrogens is 431 g/mol. The summed E-state index contributed by atoms with van der Waals surface area (Å²) in [6, 6.07) is 6.29. The van der Waals surface area contributed by atoms with Gasteiger partial charge in [0.2, 0.25) is 5.75 Å². The summed E-state index contributed by atoms with van der Waals surface area (Å²) >= 11 is 17.8. The van der Waals surface area contributed by atoms with Gasteiger partial charge in [0, 0.05) is 10.6 Å². The van der Waals surface area contributed by atoms with Crippen LogP contribution in [0.5, 0.6) is 23.0 Å². The Hall–Kier alpha value is -2.35. The zero-order chi connectivity index (χ0) is 20.7. The summed E-state index contributed by atoms with van der Waals surface area (Å²) in [5.74, 6) is 1.04. The Bertz CT molecular complexity index is 842. The molecule has 150 valence electrons. The van der Waals surface area contributed by atoms with Crippen LogP contribution in [0.3, 0.4) is 0 Å². The number of benzene rings is 2. The number of hydrazone groups is 1. The Morgan fingerprint density at radius 1 is 0.964 bits per heavy atom. The third-order valence-corrected chi connectivity index (χ3v) is 4.18. The first-order chi connectivity index (χ1) is 13.4. The van der Waals surface area contributed by atoms with Gasteiger partial charge in [-0.1, -0.05) is 34.8 Å². The number of carbonyl (C=O) groups is 1. The minimum Gasteiger partial charge on any atom is -0.493 e. The van der Waals surface area contributed by atoms with Gasteiger partial charge in [0.25, 0.3) is 5.91 Å². The molecule has 2 aromatic rings. The smallest absolute Gasteiger partial charge is 0.277 e. The van der Waals surface area contributed by atoms with Crippen molar-refractivity contribution in [2.24, 2.45) is 5.10 Å². The van der Waals surface area contributed by atoms with E-state index in [0.717, 1.165) is 0 Å². The predicted molar refractivity (Wildman–Crippen MR) is 109 cm³/mol. The Labute approximate surface area is 177 Å². The summed E-state index contributed by atoms with van der Waals surface area (Å²) in [5.41, 5.74) is 2.96. The molecule has 7 nitrogen and oxygen atoms in total. The van der Waals surface area contributed by atoms with E-state index < -0.39 is 5.91 Å². The highest BCUT2D eigenvalue weighted by molar-refractivity contribution is 6.40. The monoisotopic (exact) mass is 446 g/mol. The van der Waals surface area contributed by atoms with Gasteiger partial charge in [-0.25, -0.2) is 5.43 Å². The summed E-state index contributed by atoms with van der Waals surface area (Å²) in [5, 5.41) is 4.64. The van der Waals surface area contributed by atoms with Crippen LogP contribution in [0.15, 0.2) is 29.4 Å². The van der Waals surface area contributed by atoms with E-state index in [1.165, 1.54) is 39.7 Å². The lowest BCUT2D eigenvalue weighted by Gasteiger charge is -2.12. The van der Waals surface area contributed by atoms with Crippen LogP contribution >= 0.6 is 34.8 Å². The van der Waals surface area contributed by atoms with Crippen LogP contribution in [-0.4, -0.2) is 40.1 Å². The van der Waals surface area contributed by atoms with E-state index in [4.69, 9.17) is 53.8 Å². The van der Waals surface area contributed by atoms with Crippen LogP contribution < -0.4 is 24.4 Å². The first kappa shape index (κ1) is 21.9. The second-order valence-corrected chi connectivity index (χ2v) is 6.49. The van der Waals surface area contributed by atoms with Gasteiger partial charge in [-0.3, -0.25) is 4.79 Å². The molecular formula is C18H17Cl3N2O5. The molecule has 2 aromatic carbocycles. The maximum absolute atomic E-state index is 11.9. The van der Waals surface area contributed by atoms with E-state index >= 15 is 0 Å². The molecule has 0 atom stereocenters. The number of nitrogens with zero attached hydrogens (tertiary/aromatic N) is 1. The van der Waals surface area contributed by atoms with Gasteiger partial charge in [-0.05, 0) is 24.3 Å². The Morgan fingerprint density at radius 3 is 2.04 bits per heavy atom. The fourth-order valence-corrected chi connectivity index (χ4v) is 3.12. The molecule has 0 bridgehead atoms. The Kier molecular flexibility index (Phi) is 8.04. The van der Waals surface area contributed by atoms with Crippen LogP contribution in [0.25, 0.3) is 0 Å². The molecule has 0 aliphatic rings. The highest BCUT2D eigenvalue weighted by atomic mass is 35.5. The van der Waals surface area contributed by atoms with E-state index in [1.807, 2.05) is 0 Å². The third kappa shape index (κ3) is 5.58. The molecule has 0 saturated heterocycles. The zero-order valence-electron chi connectivity index (χ0n) is 15.2. The van der Waals surface area contributed by atoms with Crippen LogP contribution in [0, 0.1) is 0 Å². The first-order valence-corrected chi connectivity index (χ1v) is 8.92. The van der Waals surface area contributed by atoms with Crippen molar-refractivity contribution in [1.82, 2.24) is 5.43 Å². The number of halogens is 3. The normalized spacial score (nSPS) is 10.6. The molecule has 0 heterocycles. The van der Waals surface area contributed by atoms with E-state index in [1.54, 1.807) is 12.1 Å². The lowest BCUT2D eigenvalue weighted by Crippen LogP contribution is -2.24. The number of amides is 1. The number of ether oxygens (including phenoxy) is 4. The van der Waals surface area contributed by atoms with Gasteiger partial charge in [0.1, 0.15) is 0 Å². The number of hydrogen-bond acceptors (Lipinski definition) is 6. The fourth-order valence-electron chi connectivity index (χ4n) is 2.19. The molecule has 2 rings (SSSR count). The Balaban J connectivity index is 2.00. The van der Waals surface area contributed by atoms with Crippen molar-refractivity contribution in [1.29, 1.82) is 0 Å². The molecule has 0 radical (unpaired) electrons. The summed E-state index contributed by atoms with van der Waals surface area (Å²) in [4.78, 5) is 11.9. The van der Waals surface area contributed by atoms with Gasteiger partial charge in [-0.15, -0.1) is 0 Å². The summed E-state index contributed by atoms with van der Waals surface area (Å²) in [7, 11) is 4.52. The molecule has 0 aromatic heterocycles. The van der Waals surface area contributed by atoms with E-state index in [9.17, 15) is 4.79 Å². The molecule has 28 heavy (non-hydrogen) atoms. The molecule has 0 aliphatic heterocycles. The lowest BCUT2D eigenvalue weighted by atomic mass is 10.2. The van der Waals surface area contributed by atoms with Crippen molar-refractivity contribution in [3.05, 3.63) is 44.9 Å². The second kappa shape index (κ2) is 10.3. The van der Waals surface area contributed by atoms with E-state index in [0.29, 0.717) is 27.8 Å². The van der Waals surface area contributed by atoms with Crippen molar-refractivity contribution in [2.75, 3.05) is 27.9 Å². The number of nitrogens with one attached hydrogen (secondary N) is 1. The van der Waals surface area contributed by atoms with Gasteiger partial charge >= 0.3 is 0 Å². The van der Waals surface area contributed by atoms with E-state index in [-0.39, 0.29) is 22.4 Å². The van der Waals surface area contributed by atoms with Crippen LogP contribution in [0.4, 0.5) is 0 Å². The topological polar surface area (TPSA) is 78.4 Å². The summed E-state index contributed by atoms with van der Waals surface area (Å²) < 4.78 is 21.1. The molecule has 0 spiro atoms. The molecule has 0 saturated carbocycles. The number of hydrogen-bond donors (Lipinski definition) is 1. The highest BCUT2D eigenvalue weighted by Gasteiger charge is 2.13. The summed E-state index contributed by atoms with van der Waals surface area (Å²) in [6.07, 6.45) is 1.42. The minimum atomic E-state index is -0.509. The van der Waals surface area contributed by atoms with Crippen LogP contribution in [0.2, 0.25) is 15.1 Å². The van der Waals surface area contributed by atoms with E-state index in [2.05, 4.69) is 10.5 Å². The van der Waals surface area contributed by atoms with Crippen molar-refractivity contribution in [2.45, 2.75) is 0 Å². The van der Waals surface area contributed by atoms with Crippen molar-refractivity contribution in [3.63, 3.8) is 0 Å². The Morgan fingerprint density at radius 2 is 1.54 bits per heavy atom. The third-order valence-electron chi connectivity index (χ3n) is 3.40. The second-order valence-electron chi connectivity index (χ2n) is 5.24. The number of carbonyl (C=O) groups excluding carboxylic acids is 1. The maximum atomic E-state index is 11.9. The molecule has 0 aliphatic carbocycles. The van der Waals surface area contributed by atoms with Crippen LogP contribution in [0.1, 0.15) is 5.56 Å². The predicted octanol–water partition coefficient (Wildman–Crippen LogP) is 4.20. The lowest BCUT2D eigenvalue weighted by molar-refractivity contribution is -0.123. The molecule has 10 heteroatoms. The number of rotatable bonds is 8. The van der Waals surface area contributed by atoms with Gasteiger partial charge in [0.05, 0.1) is 37.6 Å². The average Bonchev–Trinajstić information content (AvgIpc) is 2.66. The van der Waals surface area contributed by atoms with Gasteiger partial charge < -0.3 is 18.9 Å². The maximum Gasteiger partial charge on any atom is 0.277 e. The van der Waals surface area contributed by atoms with Gasteiger partial charge in [0.15, 0.2) is 23.9 Å². The SMILES string of the molecule is COc1cc(C=NNC(=O)COc2c(Cl)cc(Cl)cc2Cl)cc(OC)c1OC. The van der Waals surface area contributed by atoms with Crippen LogP contribution in [-0.2, 0) is 4.79 Å². The highest BCUT2D eigenvalue weighted by Crippen LogP contribution is 2.38. The number of methoxy groups -OCH3 is 3. The molecule has 1 amide bonds. The van der Waals surface area contributed by atoms with Crippen molar-refractivity contribution in [3.8, 4) is 23.0 Å². The van der Waals surface area contributed by atoms with Gasteiger partial charge in [-0.2, -0.15) is 5.10 Å². The van der Waals surface area contributed by atoms with Crippen molar-refractivity contribution >= 4 is 46.9 Å². The van der Waals surface area contributed by atoms with Crippen molar-refractivity contribution < 1.29 is 23.7 Å². The standard InChI is InChI=1S/C18H17Cl3N2O5/c1-25-14-4-10(5-15(26-2)18(14)27-3)8-22-23-16(24)9-28-17-12(20)6-11(19)7-13(17)21/h4-8H,9H2,1-3H3,(H,23,24). The molecule has 0 fully saturated rings. The summed E-state index contributed by atoms with van der Waals surface area (Å²) in [6.45, 7) is -0.340. The molecule has 1 N–H and O–H groups in total. The first-order valence-electron chi connectivity index (χ1n) is 7.78. The fraction of sp³-hybridized carbons (Fsp3) is 0.222. The zero-order valence-corrected chi connectivity index (χ0v) is 17.5. The molecule has 0 unspecified atom stereocenters.